The third-order valence-corrected chi connectivity index (χ3v) is 8.19. The van der Waals surface area contributed by atoms with Crippen LogP contribution in [0.1, 0.15) is 41.9 Å². The third-order valence-electron chi connectivity index (χ3n) is 8.19. The van der Waals surface area contributed by atoms with E-state index in [0.717, 1.165) is 44.7 Å². The lowest BCUT2D eigenvalue weighted by atomic mass is 9.66. The fraction of sp³-hybridized carbons (Fsp3) is 0.242. The average molecular weight is 549 g/mol. The molecule has 3 heterocycles. The Labute approximate surface area is 236 Å². The molecular formula is C33H28N2O6. The fourth-order valence-corrected chi connectivity index (χ4v) is 6.39. The molecule has 0 spiro atoms. The van der Waals surface area contributed by atoms with Crippen LogP contribution in [0.5, 0.6) is 17.2 Å². The Kier molecular flexibility index (Phi) is 6.11. The van der Waals surface area contributed by atoms with Gasteiger partial charge in [0.1, 0.15) is 11.7 Å². The summed E-state index contributed by atoms with van der Waals surface area (Å²) < 4.78 is 22.0. The van der Waals surface area contributed by atoms with Gasteiger partial charge in [0.2, 0.25) is 6.79 Å². The van der Waals surface area contributed by atoms with E-state index in [1.54, 1.807) is 6.20 Å². The van der Waals surface area contributed by atoms with Gasteiger partial charge in [-0.25, -0.2) is 0 Å². The Bertz CT molecular complexity index is 1730. The number of hydrogen-bond acceptors (Lipinski definition) is 8. The number of pyridine rings is 1. The van der Waals surface area contributed by atoms with E-state index < -0.39 is 23.7 Å². The minimum absolute atomic E-state index is 0.142. The van der Waals surface area contributed by atoms with Gasteiger partial charge >= 0.3 is 5.97 Å². The third kappa shape index (κ3) is 4.09. The quantitative estimate of drug-likeness (QED) is 0.250. The summed E-state index contributed by atoms with van der Waals surface area (Å²) in [5.41, 5.74) is 5.82. The number of benzene rings is 3. The first-order valence-electron chi connectivity index (χ1n) is 13.7. The molecule has 1 aliphatic carbocycles. The summed E-state index contributed by atoms with van der Waals surface area (Å²) in [5, 5.41) is 4.53. The molecule has 206 valence electrons. The number of nitrogens with zero attached hydrogens (tertiary/aromatic N) is 1. The molecule has 0 amide bonds. The second-order valence-corrected chi connectivity index (χ2v) is 10.3. The summed E-state index contributed by atoms with van der Waals surface area (Å²) in [7, 11) is 1.33. The van der Waals surface area contributed by atoms with Gasteiger partial charge in [0.15, 0.2) is 17.3 Å². The Morgan fingerprint density at radius 3 is 2.63 bits per heavy atom. The van der Waals surface area contributed by atoms with Crippen molar-refractivity contribution in [3.8, 4) is 17.2 Å². The van der Waals surface area contributed by atoms with Crippen molar-refractivity contribution < 1.29 is 28.5 Å². The molecule has 1 aromatic heterocycles. The maximum atomic E-state index is 14.6. The standard InChI is InChI=1S/C33H28N2O6/c1-3-39-20-9-6-18(7-10-20)28-29-21-5-4-14-34-23(21)11-12-24(29)35-25-16-22(30(33(37)38-2)32(36)31(25)28)19-8-13-26-27(15-19)41-17-40-26/h4-15,22,28,30,35H,3,16-17H2,1-2H3. The van der Waals surface area contributed by atoms with Gasteiger partial charge < -0.3 is 24.3 Å². The highest BCUT2D eigenvalue weighted by Crippen LogP contribution is 2.52. The number of carbonyl (C=O) groups is 2. The summed E-state index contributed by atoms with van der Waals surface area (Å²) in [4.78, 5) is 32.5. The van der Waals surface area contributed by atoms with Crippen LogP contribution in [0.4, 0.5) is 5.69 Å². The number of ketones is 1. The van der Waals surface area contributed by atoms with Crippen LogP contribution < -0.4 is 19.5 Å². The van der Waals surface area contributed by atoms with Gasteiger partial charge in [-0.3, -0.25) is 14.6 Å². The summed E-state index contributed by atoms with van der Waals surface area (Å²) in [5.74, 6) is -0.677. The van der Waals surface area contributed by atoms with E-state index in [1.165, 1.54) is 7.11 Å². The highest BCUT2D eigenvalue weighted by Gasteiger charge is 2.48. The normalized spacial score (nSPS) is 20.7. The van der Waals surface area contributed by atoms with E-state index in [2.05, 4.69) is 10.3 Å². The van der Waals surface area contributed by atoms with E-state index in [0.29, 0.717) is 30.1 Å². The summed E-state index contributed by atoms with van der Waals surface area (Å²) in [6.07, 6.45) is 2.20. The molecule has 0 saturated heterocycles. The minimum Gasteiger partial charge on any atom is -0.494 e. The Morgan fingerprint density at radius 1 is 1.02 bits per heavy atom. The molecular weight excluding hydrogens is 520 g/mol. The monoisotopic (exact) mass is 548 g/mol. The summed E-state index contributed by atoms with van der Waals surface area (Å²) in [6, 6.07) is 21.3. The van der Waals surface area contributed by atoms with Gasteiger partial charge in [-0.1, -0.05) is 24.3 Å². The largest absolute Gasteiger partial charge is 0.494 e. The molecule has 3 aliphatic rings. The predicted molar refractivity (Wildman–Crippen MR) is 152 cm³/mol. The Morgan fingerprint density at radius 2 is 1.83 bits per heavy atom. The number of anilines is 1. The number of hydrogen-bond donors (Lipinski definition) is 1. The first kappa shape index (κ1) is 25.1. The molecule has 0 bridgehead atoms. The van der Waals surface area contributed by atoms with Crippen LogP contribution in [0, 0.1) is 5.92 Å². The summed E-state index contributed by atoms with van der Waals surface area (Å²) >= 11 is 0. The van der Waals surface area contributed by atoms with Crippen molar-refractivity contribution in [3.05, 3.63) is 101 Å². The van der Waals surface area contributed by atoms with Crippen LogP contribution in [0.2, 0.25) is 0 Å². The smallest absolute Gasteiger partial charge is 0.317 e. The van der Waals surface area contributed by atoms with Gasteiger partial charge in [-0.05, 0) is 72.5 Å². The molecule has 0 fully saturated rings. The van der Waals surface area contributed by atoms with Gasteiger partial charge in [-0.15, -0.1) is 0 Å². The molecule has 2 aliphatic heterocycles. The highest BCUT2D eigenvalue weighted by atomic mass is 16.7. The number of ether oxygens (including phenoxy) is 4. The number of Topliss-reactive ketones (excluding diaryl/α,β-unsaturated/α-hetero) is 1. The molecule has 8 nitrogen and oxygen atoms in total. The first-order valence-corrected chi connectivity index (χ1v) is 13.7. The van der Waals surface area contributed by atoms with Crippen molar-refractivity contribution in [1.29, 1.82) is 0 Å². The average Bonchev–Trinajstić information content (AvgIpc) is 3.48. The van der Waals surface area contributed by atoms with Crippen molar-refractivity contribution in [2.24, 2.45) is 5.92 Å². The minimum atomic E-state index is -1.01. The van der Waals surface area contributed by atoms with Crippen molar-refractivity contribution in [2.45, 2.75) is 25.2 Å². The maximum absolute atomic E-state index is 14.6. The van der Waals surface area contributed by atoms with E-state index in [1.807, 2.05) is 73.7 Å². The summed E-state index contributed by atoms with van der Waals surface area (Å²) in [6.45, 7) is 2.64. The fourth-order valence-electron chi connectivity index (χ4n) is 6.39. The zero-order valence-corrected chi connectivity index (χ0v) is 22.7. The second-order valence-electron chi connectivity index (χ2n) is 10.3. The molecule has 0 saturated carbocycles. The Balaban J connectivity index is 1.42. The highest BCUT2D eigenvalue weighted by molar-refractivity contribution is 6.13. The lowest BCUT2D eigenvalue weighted by Gasteiger charge is -2.39. The van der Waals surface area contributed by atoms with Crippen LogP contribution in [-0.2, 0) is 14.3 Å². The number of allylic oxidation sites excluding steroid dienone is 2. The number of methoxy groups -OCH3 is 1. The molecule has 7 rings (SSSR count). The topological polar surface area (TPSA) is 96.0 Å². The van der Waals surface area contributed by atoms with Crippen LogP contribution in [0.25, 0.3) is 10.9 Å². The molecule has 3 aromatic carbocycles. The van der Waals surface area contributed by atoms with Gasteiger partial charge in [0.25, 0.3) is 0 Å². The number of esters is 1. The number of fused-ring (bicyclic) bond motifs is 4. The Hall–Kier alpha value is -4.85. The van der Waals surface area contributed by atoms with Gasteiger partial charge in [0, 0.05) is 40.4 Å². The van der Waals surface area contributed by atoms with E-state index >= 15 is 0 Å². The molecule has 0 radical (unpaired) electrons. The molecule has 41 heavy (non-hydrogen) atoms. The molecule has 3 unspecified atom stereocenters. The van der Waals surface area contributed by atoms with Gasteiger partial charge in [0.05, 0.1) is 19.2 Å². The molecule has 8 heteroatoms. The van der Waals surface area contributed by atoms with Crippen LogP contribution in [0.3, 0.4) is 0 Å². The van der Waals surface area contributed by atoms with Gasteiger partial charge in [-0.2, -0.15) is 0 Å². The van der Waals surface area contributed by atoms with E-state index in [-0.39, 0.29) is 12.6 Å². The second kappa shape index (κ2) is 9.96. The predicted octanol–water partition coefficient (Wildman–Crippen LogP) is 5.72. The molecule has 4 aromatic rings. The van der Waals surface area contributed by atoms with Crippen molar-refractivity contribution in [2.75, 3.05) is 25.8 Å². The SMILES string of the molecule is CCOc1ccc(C2C3=C(CC(c4ccc5c(c4)OCO5)C(C(=O)OC)C3=O)Nc3ccc4ncccc4c32)cc1. The lowest BCUT2D eigenvalue weighted by molar-refractivity contribution is -0.149. The molecule has 1 N–H and O–H groups in total. The zero-order chi connectivity index (χ0) is 28.1. The van der Waals surface area contributed by atoms with Crippen molar-refractivity contribution in [1.82, 2.24) is 4.98 Å². The number of rotatable bonds is 5. The van der Waals surface area contributed by atoms with Crippen LogP contribution in [-0.4, -0.2) is 37.2 Å². The number of aromatic nitrogens is 1. The number of nitrogens with one attached hydrogen (secondary N) is 1. The molecule has 3 atom stereocenters. The zero-order valence-electron chi connectivity index (χ0n) is 22.7. The maximum Gasteiger partial charge on any atom is 0.317 e. The van der Waals surface area contributed by atoms with E-state index in [4.69, 9.17) is 18.9 Å². The number of carbonyl (C=O) groups excluding carboxylic acids is 2. The van der Waals surface area contributed by atoms with Crippen molar-refractivity contribution >= 4 is 28.3 Å². The lowest BCUT2D eigenvalue weighted by Crippen LogP contribution is -2.40. The van der Waals surface area contributed by atoms with Crippen molar-refractivity contribution in [3.63, 3.8) is 0 Å². The van der Waals surface area contributed by atoms with E-state index in [9.17, 15) is 9.59 Å². The van der Waals surface area contributed by atoms with Crippen LogP contribution >= 0.6 is 0 Å². The van der Waals surface area contributed by atoms with Crippen LogP contribution in [0.15, 0.2) is 84.2 Å². The first-order chi connectivity index (χ1) is 20.1.